The lowest BCUT2D eigenvalue weighted by molar-refractivity contribution is 0.0328. The van der Waals surface area contributed by atoms with Gasteiger partial charge < -0.3 is 20.5 Å². The van der Waals surface area contributed by atoms with Crippen LogP contribution in [-0.4, -0.2) is 79.1 Å². The number of likely N-dealkylation sites (tertiary alicyclic amines) is 2. The highest BCUT2D eigenvalue weighted by Crippen LogP contribution is 2.36. The first-order valence-electron chi connectivity index (χ1n) is 13.2. The van der Waals surface area contributed by atoms with E-state index in [1.807, 2.05) is 54.6 Å². The predicted molar refractivity (Wildman–Crippen MR) is 144 cm³/mol. The molecule has 0 unspecified atom stereocenters. The van der Waals surface area contributed by atoms with Crippen molar-refractivity contribution in [3.8, 4) is 22.8 Å². The Bertz CT molecular complexity index is 1460. The van der Waals surface area contributed by atoms with E-state index in [9.17, 15) is 9.90 Å². The van der Waals surface area contributed by atoms with Crippen LogP contribution in [0.15, 0.2) is 60.9 Å². The minimum absolute atomic E-state index is 0.180. The number of rotatable bonds is 5. The van der Waals surface area contributed by atoms with Gasteiger partial charge in [0.15, 0.2) is 5.65 Å². The number of fused-ring (bicyclic) bond motifs is 1. The van der Waals surface area contributed by atoms with Gasteiger partial charge in [-0.15, -0.1) is 0 Å². The number of anilines is 1. The number of halogens is 1. The highest BCUT2D eigenvalue weighted by molar-refractivity contribution is 5.98. The molecule has 0 radical (unpaired) electrons. The standard InChI is InChI=1S/C28H30FN7O3/c29-22-16-35(19-10-13-34(14-11-19)28(37)38)15-12-23(22)36-27-24(26(30)31-17-32-27)25(33-36)18-6-8-21(9-7-18)39-20-4-2-1-3-5-20/h1-9,17,19,22-23H,10-16H2,(H,37,38)(H2,30,31,32)/t22-,23-/m1/s1. The number of para-hydroxylation sites is 1. The number of hydrogen-bond donors (Lipinski definition) is 2. The molecule has 2 aliphatic heterocycles. The van der Waals surface area contributed by atoms with Gasteiger partial charge in [-0.3, -0.25) is 4.90 Å². The summed E-state index contributed by atoms with van der Waals surface area (Å²) in [5.41, 5.74) is 8.20. The highest BCUT2D eigenvalue weighted by Gasteiger charge is 2.37. The van der Waals surface area contributed by atoms with Gasteiger partial charge in [-0.1, -0.05) is 18.2 Å². The van der Waals surface area contributed by atoms with Gasteiger partial charge in [-0.25, -0.2) is 23.8 Å². The van der Waals surface area contributed by atoms with Crippen LogP contribution in [0.5, 0.6) is 11.5 Å². The summed E-state index contributed by atoms with van der Waals surface area (Å²) in [6.07, 6.45) is 1.32. The number of amides is 1. The molecule has 0 spiro atoms. The molecule has 3 N–H and O–H groups in total. The van der Waals surface area contributed by atoms with Crippen LogP contribution >= 0.6 is 0 Å². The van der Waals surface area contributed by atoms with Crippen LogP contribution in [0.2, 0.25) is 0 Å². The van der Waals surface area contributed by atoms with E-state index in [1.54, 1.807) is 4.68 Å². The van der Waals surface area contributed by atoms with Crippen LogP contribution in [0.25, 0.3) is 22.3 Å². The van der Waals surface area contributed by atoms with E-state index in [0.717, 1.165) is 11.3 Å². The third-order valence-corrected chi connectivity index (χ3v) is 7.73. The minimum atomic E-state index is -1.16. The Morgan fingerprint density at radius 1 is 0.974 bits per heavy atom. The Balaban J connectivity index is 1.23. The lowest BCUT2D eigenvalue weighted by atomic mass is 9.97. The number of carbonyl (C=O) groups is 1. The number of hydrogen-bond acceptors (Lipinski definition) is 7. The monoisotopic (exact) mass is 531 g/mol. The second kappa shape index (κ2) is 10.5. The number of ether oxygens (including phenoxy) is 1. The summed E-state index contributed by atoms with van der Waals surface area (Å²) in [5, 5.41) is 14.7. The van der Waals surface area contributed by atoms with E-state index in [4.69, 9.17) is 15.6 Å². The molecule has 6 rings (SSSR count). The molecule has 2 saturated heterocycles. The zero-order valence-corrected chi connectivity index (χ0v) is 21.4. The summed E-state index contributed by atoms with van der Waals surface area (Å²) < 4.78 is 23.3. The Morgan fingerprint density at radius 2 is 1.69 bits per heavy atom. The van der Waals surface area contributed by atoms with Crippen molar-refractivity contribution >= 4 is 22.9 Å². The summed E-state index contributed by atoms with van der Waals surface area (Å²) in [6.45, 7) is 1.93. The van der Waals surface area contributed by atoms with Gasteiger partial charge in [0.1, 0.15) is 35.5 Å². The molecule has 4 aromatic rings. The van der Waals surface area contributed by atoms with Crippen molar-refractivity contribution in [1.29, 1.82) is 0 Å². The summed E-state index contributed by atoms with van der Waals surface area (Å²) >= 11 is 0. The first kappa shape index (κ1) is 25.1. The summed E-state index contributed by atoms with van der Waals surface area (Å²) in [5.74, 6) is 1.72. The molecule has 4 heterocycles. The number of aromatic nitrogens is 4. The smallest absolute Gasteiger partial charge is 0.407 e. The zero-order valence-electron chi connectivity index (χ0n) is 21.4. The van der Waals surface area contributed by atoms with Gasteiger partial charge in [0.05, 0.1) is 11.4 Å². The molecule has 2 aromatic heterocycles. The lowest BCUT2D eigenvalue weighted by Crippen LogP contribution is -2.52. The molecule has 0 bridgehead atoms. The molecule has 2 aromatic carbocycles. The molecular weight excluding hydrogens is 501 g/mol. The molecule has 11 heteroatoms. The topological polar surface area (TPSA) is 123 Å². The van der Waals surface area contributed by atoms with E-state index >= 15 is 4.39 Å². The maximum absolute atomic E-state index is 15.7. The van der Waals surface area contributed by atoms with Crippen molar-refractivity contribution in [2.24, 2.45) is 0 Å². The molecule has 2 aliphatic rings. The molecular formula is C28H30FN7O3. The summed E-state index contributed by atoms with van der Waals surface area (Å²) in [6, 6.07) is 16.7. The molecule has 2 atom stereocenters. The van der Waals surface area contributed by atoms with E-state index in [2.05, 4.69) is 14.9 Å². The molecule has 1 amide bonds. The largest absolute Gasteiger partial charge is 0.465 e. The Hall–Kier alpha value is -4.25. The number of carboxylic acid groups (broad SMARTS) is 1. The normalized spacial score (nSPS) is 20.8. The number of nitrogens with zero attached hydrogens (tertiary/aromatic N) is 6. The van der Waals surface area contributed by atoms with E-state index in [0.29, 0.717) is 67.2 Å². The van der Waals surface area contributed by atoms with Gasteiger partial charge in [0.25, 0.3) is 0 Å². The van der Waals surface area contributed by atoms with Crippen LogP contribution in [-0.2, 0) is 0 Å². The first-order valence-corrected chi connectivity index (χ1v) is 13.2. The van der Waals surface area contributed by atoms with Crippen molar-refractivity contribution < 1.29 is 19.0 Å². The van der Waals surface area contributed by atoms with Gasteiger partial charge in [-0.2, -0.15) is 5.10 Å². The maximum Gasteiger partial charge on any atom is 0.407 e. The molecule has 202 valence electrons. The molecule has 2 fully saturated rings. The highest BCUT2D eigenvalue weighted by atomic mass is 19.1. The van der Waals surface area contributed by atoms with Crippen molar-refractivity contribution in [3.63, 3.8) is 0 Å². The van der Waals surface area contributed by atoms with E-state index < -0.39 is 18.3 Å². The molecule has 0 saturated carbocycles. The van der Waals surface area contributed by atoms with Crippen LogP contribution in [0, 0.1) is 0 Å². The lowest BCUT2D eigenvalue weighted by Gasteiger charge is -2.42. The second-order valence-electron chi connectivity index (χ2n) is 10.1. The van der Waals surface area contributed by atoms with Crippen LogP contribution in [0.3, 0.4) is 0 Å². The van der Waals surface area contributed by atoms with Crippen molar-refractivity contribution in [2.45, 2.75) is 37.5 Å². The third kappa shape index (κ3) is 4.97. The fourth-order valence-electron chi connectivity index (χ4n) is 5.68. The maximum atomic E-state index is 15.7. The number of piperidine rings is 2. The predicted octanol–water partition coefficient (Wildman–Crippen LogP) is 4.60. The van der Waals surface area contributed by atoms with E-state index in [1.165, 1.54) is 11.2 Å². The first-order chi connectivity index (χ1) is 19.0. The Morgan fingerprint density at radius 3 is 2.38 bits per heavy atom. The van der Waals surface area contributed by atoms with Crippen molar-refractivity contribution in [3.05, 3.63) is 60.9 Å². The fourth-order valence-corrected chi connectivity index (χ4v) is 5.68. The number of nitrogens with two attached hydrogens (primary N) is 1. The summed E-state index contributed by atoms with van der Waals surface area (Å²) in [7, 11) is 0. The molecule has 10 nitrogen and oxygen atoms in total. The van der Waals surface area contributed by atoms with Gasteiger partial charge in [-0.05, 0) is 55.7 Å². The number of alkyl halides is 1. The van der Waals surface area contributed by atoms with Gasteiger partial charge in [0, 0.05) is 37.8 Å². The van der Waals surface area contributed by atoms with Crippen LogP contribution in [0.1, 0.15) is 25.3 Å². The fraction of sp³-hybridized carbons (Fsp3) is 0.357. The minimum Gasteiger partial charge on any atom is -0.465 e. The molecule has 0 aliphatic carbocycles. The SMILES string of the molecule is Nc1ncnc2c1c(-c1ccc(Oc3ccccc3)cc1)nn2[C@@H]1CCN(C2CCN(C(=O)O)CC2)C[C@H]1F. The van der Waals surface area contributed by atoms with Crippen molar-refractivity contribution in [2.75, 3.05) is 31.9 Å². The Labute approximate surface area is 224 Å². The third-order valence-electron chi connectivity index (χ3n) is 7.73. The van der Waals surface area contributed by atoms with Crippen molar-refractivity contribution in [1.82, 2.24) is 29.5 Å². The number of benzene rings is 2. The zero-order chi connectivity index (χ0) is 26.9. The van der Waals surface area contributed by atoms with Gasteiger partial charge >= 0.3 is 6.09 Å². The molecule has 39 heavy (non-hydrogen) atoms. The summed E-state index contributed by atoms with van der Waals surface area (Å²) in [4.78, 5) is 23.4. The number of nitrogen functional groups attached to an aromatic ring is 1. The van der Waals surface area contributed by atoms with Gasteiger partial charge in [0.2, 0.25) is 0 Å². The van der Waals surface area contributed by atoms with Crippen LogP contribution < -0.4 is 10.5 Å². The second-order valence-corrected chi connectivity index (χ2v) is 10.1. The van der Waals surface area contributed by atoms with Crippen LogP contribution in [0.4, 0.5) is 15.0 Å². The Kier molecular flexibility index (Phi) is 6.74. The van der Waals surface area contributed by atoms with E-state index in [-0.39, 0.29) is 12.6 Å². The quantitative estimate of drug-likeness (QED) is 0.383. The average molecular weight is 532 g/mol. The average Bonchev–Trinajstić information content (AvgIpc) is 3.35.